The summed E-state index contributed by atoms with van der Waals surface area (Å²) in [5, 5.41) is 0. The minimum atomic E-state index is 0.581. The fraction of sp³-hybridized carbons (Fsp3) is 0.714. The van der Waals surface area contributed by atoms with Gasteiger partial charge in [0.15, 0.2) is 0 Å². The second-order valence-corrected chi connectivity index (χ2v) is 6.89. The Bertz CT molecular complexity index is 207. The first-order chi connectivity index (χ1) is 7.69. The summed E-state index contributed by atoms with van der Waals surface area (Å²) in [7, 11) is 0. The summed E-state index contributed by atoms with van der Waals surface area (Å²) in [4.78, 5) is 1.21. The Morgan fingerprint density at radius 1 is 0.812 bits per heavy atom. The van der Waals surface area contributed by atoms with Crippen molar-refractivity contribution < 1.29 is 0 Å². The molecule has 1 rings (SSSR count). The number of halogens is 2. The van der Waals surface area contributed by atoms with Crippen LogP contribution < -0.4 is 0 Å². The Morgan fingerprint density at radius 2 is 1.12 bits per heavy atom. The number of hydrogen-bond donors (Lipinski definition) is 0. The van der Waals surface area contributed by atoms with Crippen LogP contribution in [0.15, 0.2) is 24.3 Å². The van der Waals surface area contributed by atoms with Crippen LogP contribution in [0.1, 0.15) is 39.5 Å². The Morgan fingerprint density at radius 3 is 1.38 bits per heavy atom. The zero-order valence-corrected chi connectivity index (χ0v) is 13.4. The highest BCUT2D eigenvalue weighted by atomic mass is 79.9. The highest BCUT2D eigenvalue weighted by Gasteiger charge is 2.19. The van der Waals surface area contributed by atoms with Crippen LogP contribution in [0.25, 0.3) is 0 Å². The Balaban J connectivity index is 2.45. The van der Waals surface area contributed by atoms with Gasteiger partial charge in [0.2, 0.25) is 0 Å². The van der Waals surface area contributed by atoms with Crippen molar-refractivity contribution in [3.05, 3.63) is 24.3 Å². The third-order valence-corrected chi connectivity index (χ3v) is 5.21. The van der Waals surface area contributed by atoms with E-state index in [2.05, 4.69) is 70.0 Å². The maximum Gasteiger partial charge on any atom is 0.0243 e. The molecule has 2 heteroatoms. The first-order valence-electron chi connectivity index (χ1n) is 6.33. The van der Waals surface area contributed by atoms with Gasteiger partial charge in [-0.05, 0) is 12.8 Å². The van der Waals surface area contributed by atoms with E-state index in [0.29, 0.717) is 21.5 Å². The predicted octanol–water partition coefficient (Wildman–Crippen LogP) is 5.47. The molecule has 0 aromatic rings. The normalized spacial score (nSPS) is 28.0. The van der Waals surface area contributed by atoms with E-state index in [4.69, 9.17) is 0 Å². The lowest BCUT2D eigenvalue weighted by Crippen LogP contribution is -2.17. The molecule has 0 aromatic heterocycles. The zero-order chi connectivity index (χ0) is 12.0. The highest BCUT2D eigenvalue weighted by Crippen LogP contribution is 2.29. The van der Waals surface area contributed by atoms with E-state index >= 15 is 0 Å². The molecule has 0 aliphatic heterocycles. The summed E-state index contributed by atoms with van der Waals surface area (Å²) in [6.07, 6.45) is 14.4. The fourth-order valence-electron chi connectivity index (χ4n) is 2.06. The molecule has 0 saturated heterocycles. The van der Waals surface area contributed by atoms with Crippen LogP contribution in [-0.2, 0) is 0 Å². The van der Waals surface area contributed by atoms with Gasteiger partial charge in [-0.2, -0.15) is 0 Å². The summed E-state index contributed by atoms with van der Waals surface area (Å²) in [5.41, 5.74) is 0. The van der Waals surface area contributed by atoms with Crippen LogP contribution in [-0.4, -0.2) is 9.65 Å². The van der Waals surface area contributed by atoms with Crippen molar-refractivity contribution in [3.63, 3.8) is 0 Å². The first-order valence-corrected chi connectivity index (χ1v) is 8.17. The van der Waals surface area contributed by atoms with Crippen molar-refractivity contribution in [1.82, 2.24) is 0 Å². The van der Waals surface area contributed by atoms with E-state index in [-0.39, 0.29) is 0 Å². The molecule has 0 saturated carbocycles. The molecular formula is C14H22Br2. The summed E-state index contributed by atoms with van der Waals surface area (Å²) in [6, 6.07) is 0. The molecule has 2 unspecified atom stereocenters. The second-order valence-electron chi connectivity index (χ2n) is 4.53. The van der Waals surface area contributed by atoms with Crippen molar-refractivity contribution >= 4 is 31.9 Å². The third-order valence-electron chi connectivity index (χ3n) is 3.08. The van der Waals surface area contributed by atoms with E-state index in [1.165, 1.54) is 25.7 Å². The van der Waals surface area contributed by atoms with Gasteiger partial charge in [0, 0.05) is 21.5 Å². The minimum Gasteiger partial charge on any atom is -0.0881 e. The van der Waals surface area contributed by atoms with Crippen molar-refractivity contribution in [1.29, 1.82) is 0 Å². The first kappa shape index (κ1) is 14.5. The van der Waals surface area contributed by atoms with Gasteiger partial charge in [-0.3, -0.25) is 0 Å². The Labute approximate surface area is 117 Å². The van der Waals surface area contributed by atoms with Gasteiger partial charge < -0.3 is 0 Å². The molecule has 0 aromatic carbocycles. The van der Waals surface area contributed by atoms with Crippen LogP contribution in [0, 0.1) is 11.8 Å². The van der Waals surface area contributed by atoms with Gasteiger partial charge in [-0.15, -0.1) is 0 Å². The number of alkyl halides is 2. The smallest absolute Gasteiger partial charge is 0.0243 e. The molecule has 16 heavy (non-hydrogen) atoms. The SMILES string of the molecule is CCCC(Br)C1C=CC(C(Br)CCC)C=C1. The predicted molar refractivity (Wildman–Crippen MR) is 80.5 cm³/mol. The molecule has 0 nitrogen and oxygen atoms in total. The molecule has 2 atom stereocenters. The maximum absolute atomic E-state index is 3.77. The molecule has 1 aliphatic rings. The van der Waals surface area contributed by atoms with Crippen molar-refractivity contribution in [2.75, 3.05) is 0 Å². The van der Waals surface area contributed by atoms with E-state index in [1.54, 1.807) is 0 Å². The molecule has 1 aliphatic carbocycles. The van der Waals surface area contributed by atoms with Crippen LogP contribution >= 0.6 is 31.9 Å². The molecule has 0 heterocycles. The van der Waals surface area contributed by atoms with Gasteiger partial charge >= 0.3 is 0 Å². The summed E-state index contributed by atoms with van der Waals surface area (Å²) in [6.45, 7) is 4.48. The lowest BCUT2D eigenvalue weighted by atomic mass is 9.90. The minimum absolute atomic E-state index is 0.581. The average Bonchev–Trinajstić information content (AvgIpc) is 2.30. The summed E-state index contributed by atoms with van der Waals surface area (Å²) >= 11 is 7.55. The van der Waals surface area contributed by atoms with Crippen LogP contribution in [0.3, 0.4) is 0 Å². The van der Waals surface area contributed by atoms with Gasteiger partial charge in [-0.1, -0.05) is 82.9 Å². The lowest BCUT2D eigenvalue weighted by molar-refractivity contribution is 0.622. The largest absolute Gasteiger partial charge is 0.0881 e. The number of hydrogen-bond acceptors (Lipinski definition) is 0. The molecule has 92 valence electrons. The summed E-state index contributed by atoms with van der Waals surface area (Å²) < 4.78 is 0. The van der Waals surface area contributed by atoms with E-state index in [1.807, 2.05) is 0 Å². The Kier molecular flexibility index (Phi) is 6.98. The number of rotatable bonds is 6. The fourth-order valence-corrected chi connectivity index (χ4v) is 3.68. The molecule has 0 N–H and O–H groups in total. The van der Waals surface area contributed by atoms with Gasteiger partial charge in [-0.25, -0.2) is 0 Å². The third kappa shape index (κ3) is 4.37. The van der Waals surface area contributed by atoms with Gasteiger partial charge in [0.05, 0.1) is 0 Å². The van der Waals surface area contributed by atoms with Crippen molar-refractivity contribution in [2.45, 2.75) is 49.2 Å². The summed E-state index contributed by atoms with van der Waals surface area (Å²) in [5.74, 6) is 1.16. The highest BCUT2D eigenvalue weighted by molar-refractivity contribution is 9.09. The zero-order valence-electron chi connectivity index (χ0n) is 10.2. The van der Waals surface area contributed by atoms with E-state index in [9.17, 15) is 0 Å². The molecule has 0 amide bonds. The maximum atomic E-state index is 3.77. The van der Waals surface area contributed by atoms with Crippen molar-refractivity contribution in [3.8, 4) is 0 Å². The van der Waals surface area contributed by atoms with E-state index < -0.39 is 0 Å². The van der Waals surface area contributed by atoms with Gasteiger partial charge in [0.25, 0.3) is 0 Å². The van der Waals surface area contributed by atoms with Crippen molar-refractivity contribution in [2.24, 2.45) is 11.8 Å². The lowest BCUT2D eigenvalue weighted by Gasteiger charge is -2.23. The monoisotopic (exact) mass is 348 g/mol. The van der Waals surface area contributed by atoms with Crippen LogP contribution in [0.4, 0.5) is 0 Å². The van der Waals surface area contributed by atoms with Crippen LogP contribution in [0.2, 0.25) is 0 Å². The molecular weight excluding hydrogens is 328 g/mol. The quantitative estimate of drug-likeness (QED) is 0.440. The molecule has 0 fully saturated rings. The second kappa shape index (κ2) is 7.71. The topological polar surface area (TPSA) is 0 Å². The average molecular weight is 350 g/mol. The molecule has 0 spiro atoms. The van der Waals surface area contributed by atoms with Gasteiger partial charge in [0.1, 0.15) is 0 Å². The van der Waals surface area contributed by atoms with Crippen LogP contribution in [0.5, 0.6) is 0 Å². The molecule has 0 radical (unpaired) electrons. The number of allylic oxidation sites excluding steroid dienone is 4. The van der Waals surface area contributed by atoms with E-state index in [0.717, 1.165) is 0 Å². The Hall–Kier alpha value is 0.440. The molecule has 0 bridgehead atoms. The standard InChI is InChI=1S/C14H22Br2/c1-3-5-13(15)11-7-9-12(10-8-11)14(16)6-4-2/h7-14H,3-6H2,1-2H3.